The van der Waals surface area contributed by atoms with Gasteiger partial charge < -0.3 is 10.2 Å². The van der Waals surface area contributed by atoms with Crippen LogP contribution in [-0.4, -0.2) is 44.9 Å². The average Bonchev–Trinajstić information content (AvgIpc) is 3.14. The first-order chi connectivity index (χ1) is 12.0. The molecule has 9 heteroatoms. The van der Waals surface area contributed by atoms with Crippen LogP contribution in [0.2, 0.25) is 0 Å². The molecular weight excluding hydrogens is 394 g/mol. The van der Waals surface area contributed by atoms with Crippen molar-refractivity contribution < 1.29 is 13.2 Å². The van der Waals surface area contributed by atoms with E-state index >= 15 is 0 Å². The number of halogens is 1. The number of hydrogen-bond acceptors (Lipinski definition) is 5. The summed E-state index contributed by atoms with van der Waals surface area (Å²) in [5.41, 5.74) is 0.506. The van der Waals surface area contributed by atoms with E-state index in [-0.39, 0.29) is 35.8 Å². The van der Waals surface area contributed by atoms with Gasteiger partial charge in [-0.2, -0.15) is 0 Å². The number of rotatable bonds is 5. The lowest BCUT2D eigenvalue weighted by atomic mass is 10.1. The minimum atomic E-state index is -3.59. The van der Waals surface area contributed by atoms with Crippen molar-refractivity contribution in [1.29, 1.82) is 0 Å². The quantitative estimate of drug-likeness (QED) is 0.783. The average molecular weight is 416 g/mol. The van der Waals surface area contributed by atoms with E-state index in [1.807, 2.05) is 29.3 Å². The Kier molecular flexibility index (Phi) is 7.19. The number of thiophene rings is 1. The number of benzene rings is 1. The predicted molar refractivity (Wildman–Crippen MR) is 105 cm³/mol. The zero-order chi connectivity index (χ0) is 17.9. The molecule has 0 bridgehead atoms. The second kappa shape index (κ2) is 8.96. The molecule has 1 aromatic heterocycles. The maximum Gasteiger partial charge on any atom is 0.254 e. The molecule has 0 radical (unpaired) electrons. The van der Waals surface area contributed by atoms with Gasteiger partial charge in [0.1, 0.15) is 0 Å². The number of hydrogen-bond donors (Lipinski definition) is 2. The second-order valence-corrected chi connectivity index (χ2v) is 8.78. The first kappa shape index (κ1) is 20.9. The van der Waals surface area contributed by atoms with Crippen molar-refractivity contribution in [1.82, 2.24) is 14.9 Å². The summed E-state index contributed by atoms with van der Waals surface area (Å²) in [6.07, 6.45) is 0. The Morgan fingerprint density at radius 3 is 2.65 bits per heavy atom. The van der Waals surface area contributed by atoms with Crippen LogP contribution < -0.4 is 10.0 Å². The first-order valence-corrected chi connectivity index (χ1v) is 10.5. The summed E-state index contributed by atoms with van der Waals surface area (Å²) >= 11 is 1.50. The Morgan fingerprint density at radius 1 is 1.31 bits per heavy atom. The fourth-order valence-electron chi connectivity index (χ4n) is 2.75. The van der Waals surface area contributed by atoms with Gasteiger partial charge in [-0.15, -0.1) is 23.7 Å². The van der Waals surface area contributed by atoms with E-state index in [0.29, 0.717) is 12.1 Å². The lowest BCUT2D eigenvalue weighted by Gasteiger charge is -2.34. The number of nitrogens with zero attached hydrogens (tertiary/aromatic N) is 1. The number of sulfonamides is 1. The number of nitrogens with one attached hydrogen (secondary N) is 2. The predicted octanol–water partition coefficient (Wildman–Crippen LogP) is 2.08. The van der Waals surface area contributed by atoms with E-state index in [1.165, 1.54) is 23.5 Å². The van der Waals surface area contributed by atoms with E-state index in [9.17, 15) is 13.2 Å². The molecule has 1 fully saturated rings. The highest BCUT2D eigenvalue weighted by Gasteiger charge is 2.24. The highest BCUT2D eigenvalue weighted by molar-refractivity contribution is 7.89. The summed E-state index contributed by atoms with van der Waals surface area (Å²) in [7, 11) is -3.59. The van der Waals surface area contributed by atoms with E-state index in [2.05, 4.69) is 10.0 Å². The van der Waals surface area contributed by atoms with E-state index in [4.69, 9.17) is 0 Å². The maximum absolute atomic E-state index is 12.6. The van der Waals surface area contributed by atoms with Gasteiger partial charge in [-0.25, -0.2) is 13.1 Å². The maximum atomic E-state index is 12.6. The van der Waals surface area contributed by atoms with E-state index < -0.39 is 10.0 Å². The van der Waals surface area contributed by atoms with Crippen molar-refractivity contribution in [2.45, 2.75) is 24.4 Å². The molecule has 2 N–H and O–H groups in total. The Balaban J connectivity index is 0.00000243. The van der Waals surface area contributed by atoms with Crippen LogP contribution >= 0.6 is 23.7 Å². The third kappa shape index (κ3) is 4.83. The summed E-state index contributed by atoms with van der Waals surface area (Å²) in [5.74, 6) is -0.0653. The molecule has 1 saturated heterocycles. The molecule has 3 rings (SSSR count). The van der Waals surface area contributed by atoms with Gasteiger partial charge in [0.2, 0.25) is 10.0 Å². The fraction of sp³-hybridized carbons (Fsp3) is 0.353. The van der Waals surface area contributed by atoms with Crippen LogP contribution in [0.15, 0.2) is 46.7 Å². The molecule has 1 unspecified atom stereocenters. The van der Waals surface area contributed by atoms with Crippen LogP contribution in [0.4, 0.5) is 0 Å². The summed E-state index contributed by atoms with van der Waals surface area (Å²) < 4.78 is 27.3. The molecule has 26 heavy (non-hydrogen) atoms. The summed E-state index contributed by atoms with van der Waals surface area (Å²) in [4.78, 5) is 15.5. The van der Waals surface area contributed by atoms with Gasteiger partial charge >= 0.3 is 0 Å². The van der Waals surface area contributed by atoms with Crippen LogP contribution in [0.5, 0.6) is 0 Å². The third-order valence-corrected chi connectivity index (χ3v) is 6.48. The normalized spacial score (nSPS) is 17.6. The molecule has 0 spiro atoms. The summed E-state index contributed by atoms with van der Waals surface area (Å²) in [6.45, 7) is 4.46. The molecule has 2 heterocycles. The standard InChI is InChI=1S/C17H21N3O3S2.ClH/c1-13-11-18-8-9-20(13)17(21)14-4-6-16(7-5-14)25(22,23)19-12-15-3-2-10-24-15;/h2-7,10,13,18-19H,8-9,11-12H2,1H3;1H. The van der Waals surface area contributed by atoms with Crippen molar-refractivity contribution in [3.63, 3.8) is 0 Å². The SMILES string of the molecule is CC1CNCCN1C(=O)c1ccc(S(=O)(=O)NCc2cccs2)cc1.Cl. The highest BCUT2D eigenvalue weighted by atomic mass is 35.5. The van der Waals surface area contributed by atoms with Crippen molar-refractivity contribution >= 4 is 39.7 Å². The molecular formula is C17H22ClN3O3S2. The zero-order valence-electron chi connectivity index (χ0n) is 14.3. The van der Waals surface area contributed by atoms with Crippen molar-refractivity contribution in [2.75, 3.05) is 19.6 Å². The minimum absolute atomic E-state index is 0. The first-order valence-electron chi connectivity index (χ1n) is 8.11. The van der Waals surface area contributed by atoms with Crippen LogP contribution in [-0.2, 0) is 16.6 Å². The Hall–Kier alpha value is -1.45. The molecule has 1 aliphatic heterocycles. The smallest absolute Gasteiger partial charge is 0.254 e. The van der Waals surface area contributed by atoms with Crippen LogP contribution in [0.3, 0.4) is 0 Å². The number of carbonyl (C=O) groups excluding carboxylic acids is 1. The van der Waals surface area contributed by atoms with Gasteiger partial charge in [-0.1, -0.05) is 6.07 Å². The Labute approximate surface area is 164 Å². The van der Waals surface area contributed by atoms with Crippen LogP contribution in [0.1, 0.15) is 22.2 Å². The molecule has 2 aromatic rings. The molecule has 6 nitrogen and oxygen atoms in total. The summed E-state index contributed by atoms with van der Waals surface area (Å²) in [6, 6.07) is 10.0. The van der Waals surface area contributed by atoms with Gasteiger partial charge in [0.15, 0.2) is 0 Å². The molecule has 0 aliphatic carbocycles. The van der Waals surface area contributed by atoms with Crippen LogP contribution in [0.25, 0.3) is 0 Å². The van der Waals surface area contributed by atoms with Crippen molar-refractivity contribution in [3.05, 3.63) is 52.2 Å². The molecule has 1 amide bonds. The molecule has 142 valence electrons. The highest BCUT2D eigenvalue weighted by Crippen LogP contribution is 2.16. The summed E-state index contributed by atoms with van der Waals surface area (Å²) in [5, 5.41) is 5.15. The fourth-order valence-corrected chi connectivity index (χ4v) is 4.49. The van der Waals surface area contributed by atoms with Crippen molar-refractivity contribution in [3.8, 4) is 0 Å². The Bertz CT molecular complexity index is 823. The zero-order valence-corrected chi connectivity index (χ0v) is 16.8. The largest absolute Gasteiger partial charge is 0.333 e. The minimum Gasteiger partial charge on any atom is -0.333 e. The molecule has 0 saturated carbocycles. The second-order valence-electron chi connectivity index (χ2n) is 5.98. The van der Waals surface area contributed by atoms with Gasteiger partial charge in [0, 0.05) is 42.7 Å². The van der Waals surface area contributed by atoms with E-state index in [1.54, 1.807) is 12.1 Å². The number of carbonyl (C=O) groups is 1. The lowest BCUT2D eigenvalue weighted by molar-refractivity contribution is 0.0655. The van der Waals surface area contributed by atoms with Gasteiger partial charge in [0.25, 0.3) is 5.91 Å². The Morgan fingerprint density at radius 2 is 2.04 bits per heavy atom. The molecule has 1 aliphatic rings. The van der Waals surface area contributed by atoms with E-state index in [0.717, 1.165) is 18.0 Å². The number of piperazine rings is 1. The van der Waals surface area contributed by atoms with Crippen molar-refractivity contribution in [2.24, 2.45) is 0 Å². The monoisotopic (exact) mass is 415 g/mol. The van der Waals surface area contributed by atoms with Gasteiger partial charge in [0.05, 0.1) is 4.90 Å². The van der Waals surface area contributed by atoms with Crippen LogP contribution in [0, 0.1) is 0 Å². The lowest BCUT2D eigenvalue weighted by Crippen LogP contribution is -2.52. The number of amides is 1. The molecule has 1 aromatic carbocycles. The van der Waals surface area contributed by atoms with Gasteiger partial charge in [-0.05, 0) is 42.6 Å². The third-order valence-electron chi connectivity index (χ3n) is 4.19. The molecule has 1 atom stereocenters. The topological polar surface area (TPSA) is 78.5 Å². The van der Waals surface area contributed by atoms with Gasteiger partial charge in [-0.3, -0.25) is 4.79 Å².